The van der Waals surface area contributed by atoms with Gasteiger partial charge in [0.05, 0.1) is 4.92 Å². The zero-order chi connectivity index (χ0) is 13.8. The summed E-state index contributed by atoms with van der Waals surface area (Å²) >= 11 is 0. The van der Waals surface area contributed by atoms with E-state index in [0.29, 0.717) is 13.0 Å². The van der Waals surface area contributed by atoms with Gasteiger partial charge < -0.3 is 15.7 Å². The van der Waals surface area contributed by atoms with Gasteiger partial charge in [-0.1, -0.05) is 0 Å². The smallest absolute Gasteiger partial charge is 0.329 e. The Labute approximate surface area is 110 Å². The van der Waals surface area contributed by atoms with Crippen LogP contribution >= 0.6 is 0 Å². The molecule has 2 heterocycles. The Hall–Kier alpha value is -1.96. The SMILES string of the molecule is Nc1ncc([N+](=O)[O-])c(N2CCCCC2CCO)n1. The van der Waals surface area contributed by atoms with Crippen molar-refractivity contribution in [3.63, 3.8) is 0 Å². The number of hydrogen-bond donors (Lipinski definition) is 2. The van der Waals surface area contributed by atoms with Gasteiger partial charge in [-0.05, 0) is 25.7 Å². The van der Waals surface area contributed by atoms with E-state index in [-0.39, 0.29) is 30.1 Å². The Balaban J connectivity index is 2.37. The number of anilines is 2. The normalized spacial score (nSPS) is 19.4. The van der Waals surface area contributed by atoms with E-state index in [1.807, 2.05) is 4.90 Å². The first kappa shape index (κ1) is 13.5. The number of aromatic nitrogens is 2. The number of hydrogen-bond acceptors (Lipinski definition) is 7. The van der Waals surface area contributed by atoms with Crippen LogP contribution in [0.2, 0.25) is 0 Å². The van der Waals surface area contributed by atoms with Crippen molar-refractivity contribution in [3.8, 4) is 0 Å². The van der Waals surface area contributed by atoms with E-state index in [9.17, 15) is 10.1 Å². The third-order valence-corrected chi connectivity index (χ3v) is 3.33. The monoisotopic (exact) mass is 267 g/mol. The van der Waals surface area contributed by atoms with Crippen LogP contribution in [-0.2, 0) is 0 Å². The third-order valence-electron chi connectivity index (χ3n) is 3.33. The first-order valence-corrected chi connectivity index (χ1v) is 6.28. The van der Waals surface area contributed by atoms with E-state index in [2.05, 4.69) is 9.97 Å². The van der Waals surface area contributed by atoms with Crippen LogP contribution in [0.5, 0.6) is 0 Å². The second-order valence-electron chi connectivity index (χ2n) is 4.55. The quantitative estimate of drug-likeness (QED) is 0.609. The van der Waals surface area contributed by atoms with Crippen molar-refractivity contribution in [1.82, 2.24) is 9.97 Å². The number of nitrogen functional groups attached to an aromatic ring is 1. The molecule has 0 bridgehead atoms. The second-order valence-corrected chi connectivity index (χ2v) is 4.55. The average Bonchev–Trinajstić information content (AvgIpc) is 2.39. The van der Waals surface area contributed by atoms with Crippen LogP contribution in [0.25, 0.3) is 0 Å². The maximum Gasteiger partial charge on any atom is 0.329 e. The average molecular weight is 267 g/mol. The lowest BCUT2D eigenvalue weighted by atomic mass is 9.99. The van der Waals surface area contributed by atoms with Crippen molar-refractivity contribution in [2.75, 3.05) is 23.8 Å². The molecular weight excluding hydrogens is 250 g/mol. The van der Waals surface area contributed by atoms with Crippen LogP contribution in [0.1, 0.15) is 25.7 Å². The highest BCUT2D eigenvalue weighted by Crippen LogP contribution is 2.31. The second kappa shape index (κ2) is 5.79. The molecule has 1 saturated heterocycles. The molecule has 19 heavy (non-hydrogen) atoms. The lowest BCUT2D eigenvalue weighted by Gasteiger charge is -2.35. The van der Waals surface area contributed by atoms with E-state index in [4.69, 9.17) is 10.8 Å². The zero-order valence-corrected chi connectivity index (χ0v) is 10.5. The van der Waals surface area contributed by atoms with Crippen molar-refractivity contribution >= 4 is 17.5 Å². The topological polar surface area (TPSA) is 118 Å². The number of nitrogens with two attached hydrogens (primary N) is 1. The van der Waals surface area contributed by atoms with Crippen LogP contribution in [0.15, 0.2) is 6.20 Å². The lowest BCUT2D eigenvalue weighted by molar-refractivity contribution is -0.384. The highest BCUT2D eigenvalue weighted by molar-refractivity contribution is 5.59. The summed E-state index contributed by atoms with van der Waals surface area (Å²) < 4.78 is 0. The standard InChI is InChI=1S/C11H17N5O3/c12-11-13-7-9(16(18)19)10(14-11)15-5-2-1-3-8(15)4-6-17/h7-8,17H,1-6H2,(H2,12,13,14). The molecule has 8 heteroatoms. The summed E-state index contributed by atoms with van der Waals surface area (Å²) in [5.41, 5.74) is 5.39. The largest absolute Gasteiger partial charge is 0.396 e. The van der Waals surface area contributed by atoms with E-state index in [1.165, 1.54) is 0 Å². The maximum absolute atomic E-state index is 11.0. The number of nitrogens with zero attached hydrogens (tertiary/aromatic N) is 4. The molecule has 1 atom stereocenters. The molecule has 1 aliphatic rings. The van der Waals surface area contributed by atoms with Gasteiger partial charge >= 0.3 is 5.69 Å². The number of aliphatic hydroxyl groups excluding tert-OH is 1. The van der Waals surface area contributed by atoms with Gasteiger partial charge in [-0.25, -0.2) is 4.98 Å². The van der Waals surface area contributed by atoms with Crippen molar-refractivity contribution < 1.29 is 10.0 Å². The van der Waals surface area contributed by atoms with Crippen molar-refractivity contribution in [3.05, 3.63) is 16.3 Å². The summed E-state index contributed by atoms with van der Waals surface area (Å²) in [6.45, 7) is 0.734. The minimum atomic E-state index is -0.501. The van der Waals surface area contributed by atoms with Crippen molar-refractivity contribution in [2.45, 2.75) is 31.7 Å². The summed E-state index contributed by atoms with van der Waals surface area (Å²) in [6.07, 6.45) is 4.60. The van der Waals surface area contributed by atoms with Gasteiger partial charge in [-0.3, -0.25) is 10.1 Å². The number of aliphatic hydroxyl groups is 1. The van der Waals surface area contributed by atoms with Gasteiger partial charge in [0.25, 0.3) is 0 Å². The van der Waals surface area contributed by atoms with E-state index >= 15 is 0 Å². The molecule has 0 aromatic carbocycles. The Bertz CT molecular complexity index is 466. The lowest BCUT2D eigenvalue weighted by Crippen LogP contribution is -2.41. The first-order chi connectivity index (χ1) is 9.13. The Kier molecular flexibility index (Phi) is 4.10. The summed E-state index contributed by atoms with van der Waals surface area (Å²) in [7, 11) is 0. The molecular formula is C11H17N5O3. The van der Waals surface area contributed by atoms with Crippen LogP contribution in [0, 0.1) is 10.1 Å². The van der Waals surface area contributed by atoms with Crippen LogP contribution in [0.3, 0.4) is 0 Å². The van der Waals surface area contributed by atoms with Crippen LogP contribution in [-0.4, -0.2) is 39.2 Å². The molecule has 3 N–H and O–H groups in total. The Morgan fingerprint density at radius 3 is 3.05 bits per heavy atom. The molecule has 1 aromatic rings. The van der Waals surface area contributed by atoms with Crippen molar-refractivity contribution in [1.29, 1.82) is 0 Å². The maximum atomic E-state index is 11.0. The number of rotatable bonds is 4. The van der Waals surface area contributed by atoms with Crippen LogP contribution in [0.4, 0.5) is 17.5 Å². The highest BCUT2D eigenvalue weighted by Gasteiger charge is 2.29. The zero-order valence-electron chi connectivity index (χ0n) is 10.5. The van der Waals surface area contributed by atoms with Gasteiger partial charge in [-0.15, -0.1) is 0 Å². The van der Waals surface area contributed by atoms with Crippen molar-refractivity contribution in [2.24, 2.45) is 0 Å². The highest BCUT2D eigenvalue weighted by atomic mass is 16.6. The minimum absolute atomic E-state index is 0.0221. The summed E-state index contributed by atoms with van der Waals surface area (Å²) in [5, 5.41) is 20.1. The number of piperidine rings is 1. The van der Waals surface area contributed by atoms with Gasteiger partial charge in [0, 0.05) is 19.2 Å². The molecule has 0 amide bonds. The molecule has 1 aliphatic heterocycles. The van der Waals surface area contributed by atoms with E-state index in [0.717, 1.165) is 25.5 Å². The minimum Gasteiger partial charge on any atom is -0.396 e. The summed E-state index contributed by atoms with van der Waals surface area (Å²) in [6, 6.07) is 0.0618. The molecule has 0 radical (unpaired) electrons. The first-order valence-electron chi connectivity index (χ1n) is 6.28. The summed E-state index contributed by atoms with van der Waals surface area (Å²) in [4.78, 5) is 20.1. The molecule has 104 valence electrons. The van der Waals surface area contributed by atoms with E-state index in [1.54, 1.807) is 0 Å². The third kappa shape index (κ3) is 2.90. The number of nitro groups is 1. The van der Waals surface area contributed by atoms with Gasteiger partial charge in [0.2, 0.25) is 11.8 Å². The van der Waals surface area contributed by atoms with Gasteiger partial charge in [-0.2, -0.15) is 4.98 Å². The van der Waals surface area contributed by atoms with Gasteiger partial charge in [0.15, 0.2) is 0 Å². The Morgan fingerprint density at radius 1 is 1.58 bits per heavy atom. The van der Waals surface area contributed by atoms with Crippen LogP contribution < -0.4 is 10.6 Å². The molecule has 0 spiro atoms. The Morgan fingerprint density at radius 2 is 2.37 bits per heavy atom. The molecule has 2 rings (SSSR count). The molecule has 1 fully saturated rings. The molecule has 1 aromatic heterocycles. The van der Waals surface area contributed by atoms with Gasteiger partial charge in [0.1, 0.15) is 6.20 Å². The predicted octanol–water partition coefficient (Wildman–Crippen LogP) is 0.708. The molecule has 1 unspecified atom stereocenters. The fourth-order valence-corrected chi connectivity index (χ4v) is 2.45. The molecule has 0 saturated carbocycles. The fourth-order valence-electron chi connectivity index (χ4n) is 2.45. The molecule has 0 aliphatic carbocycles. The predicted molar refractivity (Wildman–Crippen MR) is 69.8 cm³/mol. The molecule has 8 nitrogen and oxygen atoms in total. The summed E-state index contributed by atoms with van der Waals surface area (Å²) in [5.74, 6) is 0.282. The fraction of sp³-hybridized carbons (Fsp3) is 0.636. The van der Waals surface area contributed by atoms with E-state index < -0.39 is 4.92 Å².